The number of aromatic nitrogens is 2. The molecule has 6 nitrogen and oxygen atoms in total. The van der Waals surface area contributed by atoms with Crippen LogP contribution < -0.4 is 10.1 Å². The quantitative estimate of drug-likeness (QED) is 0.800. The highest BCUT2D eigenvalue weighted by atomic mass is 16.5. The third kappa shape index (κ3) is 2.80. The van der Waals surface area contributed by atoms with Crippen LogP contribution in [0, 0.1) is 0 Å². The number of amides is 1. The Morgan fingerprint density at radius 2 is 2.05 bits per heavy atom. The Hall–Kier alpha value is -3.15. The molecule has 6 heteroatoms. The summed E-state index contributed by atoms with van der Waals surface area (Å²) in [5.41, 5.74) is 1.57. The van der Waals surface area contributed by atoms with Gasteiger partial charge in [-0.1, -0.05) is 12.1 Å². The summed E-state index contributed by atoms with van der Waals surface area (Å²) in [6.07, 6.45) is 4.44. The zero-order valence-corrected chi connectivity index (χ0v) is 11.8. The van der Waals surface area contributed by atoms with Crippen molar-refractivity contribution >= 4 is 11.6 Å². The van der Waals surface area contributed by atoms with Crippen LogP contribution >= 0.6 is 0 Å². The maximum atomic E-state index is 12.3. The molecule has 2 aromatic heterocycles. The molecule has 0 unspecified atom stereocenters. The van der Waals surface area contributed by atoms with Crippen molar-refractivity contribution in [3.63, 3.8) is 0 Å². The zero-order chi connectivity index (χ0) is 15.4. The predicted molar refractivity (Wildman–Crippen MR) is 80.7 cm³/mol. The first kappa shape index (κ1) is 13.8. The van der Waals surface area contributed by atoms with Crippen molar-refractivity contribution in [3.8, 4) is 17.1 Å². The molecular formula is C16H13N3O3. The van der Waals surface area contributed by atoms with Crippen molar-refractivity contribution in [1.82, 2.24) is 9.97 Å². The van der Waals surface area contributed by atoms with Gasteiger partial charge in [0.25, 0.3) is 5.91 Å². The molecule has 0 fully saturated rings. The topological polar surface area (TPSA) is 77.2 Å². The molecule has 0 saturated carbocycles. The van der Waals surface area contributed by atoms with Gasteiger partial charge >= 0.3 is 0 Å². The summed E-state index contributed by atoms with van der Waals surface area (Å²) >= 11 is 0. The summed E-state index contributed by atoms with van der Waals surface area (Å²) in [6, 6.07) is 10.6. The van der Waals surface area contributed by atoms with Gasteiger partial charge in [-0.15, -0.1) is 0 Å². The van der Waals surface area contributed by atoms with E-state index in [0.29, 0.717) is 17.2 Å². The van der Waals surface area contributed by atoms with Crippen LogP contribution in [-0.2, 0) is 0 Å². The molecule has 0 aliphatic rings. The summed E-state index contributed by atoms with van der Waals surface area (Å²) in [5.74, 6) is 0.720. The minimum atomic E-state index is -0.349. The average molecular weight is 295 g/mol. The first-order valence-electron chi connectivity index (χ1n) is 6.57. The molecule has 1 aromatic carbocycles. The molecule has 110 valence electrons. The van der Waals surface area contributed by atoms with E-state index in [9.17, 15) is 4.79 Å². The van der Waals surface area contributed by atoms with E-state index in [4.69, 9.17) is 9.15 Å². The number of carbonyl (C=O) groups excluding carboxylic acids is 1. The van der Waals surface area contributed by atoms with E-state index in [1.807, 2.05) is 18.2 Å². The van der Waals surface area contributed by atoms with Gasteiger partial charge in [0.05, 0.1) is 7.11 Å². The molecule has 3 aromatic rings. The number of carbonyl (C=O) groups is 1. The first-order valence-corrected chi connectivity index (χ1v) is 6.57. The maximum absolute atomic E-state index is 12.3. The lowest BCUT2D eigenvalue weighted by atomic mass is 10.1. The third-order valence-electron chi connectivity index (χ3n) is 3.05. The van der Waals surface area contributed by atoms with Crippen LogP contribution in [0.2, 0.25) is 0 Å². The van der Waals surface area contributed by atoms with Gasteiger partial charge in [-0.3, -0.25) is 9.78 Å². The SMILES string of the molecule is COc1cccc(-c2ocnc2C(=O)Nc2ccncc2)c1. The minimum Gasteiger partial charge on any atom is -0.497 e. The number of nitrogens with one attached hydrogen (secondary N) is 1. The number of nitrogens with zero attached hydrogens (tertiary/aromatic N) is 2. The maximum Gasteiger partial charge on any atom is 0.278 e. The molecule has 0 atom stereocenters. The minimum absolute atomic E-state index is 0.213. The van der Waals surface area contributed by atoms with Gasteiger partial charge < -0.3 is 14.5 Å². The number of ether oxygens (including phenoxy) is 1. The number of hydrogen-bond donors (Lipinski definition) is 1. The molecule has 0 bridgehead atoms. The van der Waals surface area contributed by atoms with E-state index in [1.54, 1.807) is 37.7 Å². The normalized spacial score (nSPS) is 10.2. The van der Waals surface area contributed by atoms with E-state index in [-0.39, 0.29) is 11.6 Å². The number of pyridine rings is 1. The second-order valence-electron chi connectivity index (χ2n) is 4.45. The average Bonchev–Trinajstić information content (AvgIpc) is 3.05. The highest BCUT2D eigenvalue weighted by Crippen LogP contribution is 2.27. The van der Waals surface area contributed by atoms with Gasteiger partial charge in [-0.2, -0.15) is 0 Å². The third-order valence-corrected chi connectivity index (χ3v) is 3.05. The summed E-state index contributed by atoms with van der Waals surface area (Å²) in [7, 11) is 1.58. The lowest BCUT2D eigenvalue weighted by Crippen LogP contribution is -2.13. The van der Waals surface area contributed by atoms with Crippen molar-refractivity contribution in [3.05, 3.63) is 60.9 Å². The molecule has 3 rings (SSSR count). The van der Waals surface area contributed by atoms with Gasteiger partial charge in [-0.05, 0) is 24.3 Å². The van der Waals surface area contributed by atoms with Gasteiger partial charge in [0, 0.05) is 23.6 Å². The first-order chi connectivity index (χ1) is 10.8. The molecule has 0 aliphatic carbocycles. The predicted octanol–water partition coefficient (Wildman–Crippen LogP) is 3.00. The Bertz CT molecular complexity index is 784. The summed E-state index contributed by atoms with van der Waals surface area (Å²) < 4.78 is 10.5. The highest BCUT2D eigenvalue weighted by molar-refractivity contribution is 6.06. The van der Waals surface area contributed by atoms with Crippen LogP contribution in [0.3, 0.4) is 0 Å². The van der Waals surface area contributed by atoms with Crippen molar-refractivity contribution in [2.75, 3.05) is 12.4 Å². The summed E-state index contributed by atoms with van der Waals surface area (Å²) in [6.45, 7) is 0. The second-order valence-corrected chi connectivity index (χ2v) is 4.45. The molecular weight excluding hydrogens is 282 g/mol. The molecule has 0 spiro atoms. The molecule has 0 aliphatic heterocycles. The van der Waals surface area contributed by atoms with E-state index in [1.165, 1.54) is 6.39 Å². The number of anilines is 1. The molecule has 2 heterocycles. The van der Waals surface area contributed by atoms with E-state index in [0.717, 1.165) is 5.56 Å². The number of rotatable bonds is 4. The Morgan fingerprint density at radius 1 is 1.23 bits per heavy atom. The number of methoxy groups -OCH3 is 1. The van der Waals surface area contributed by atoms with Crippen LogP contribution in [0.25, 0.3) is 11.3 Å². The van der Waals surface area contributed by atoms with E-state index < -0.39 is 0 Å². The second kappa shape index (κ2) is 6.09. The lowest BCUT2D eigenvalue weighted by molar-refractivity contribution is 0.102. The van der Waals surface area contributed by atoms with Gasteiger partial charge in [0.15, 0.2) is 17.8 Å². The Labute approximate surface area is 126 Å². The molecule has 0 saturated heterocycles. The van der Waals surface area contributed by atoms with Crippen LogP contribution in [0.15, 0.2) is 59.6 Å². The monoisotopic (exact) mass is 295 g/mol. The van der Waals surface area contributed by atoms with Crippen molar-refractivity contribution in [2.45, 2.75) is 0 Å². The van der Waals surface area contributed by atoms with Gasteiger partial charge in [-0.25, -0.2) is 4.98 Å². The number of hydrogen-bond acceptors (Lipinski definition) is 5. The van der Waals surface area contributed by atoms with Gasteiger partial charge in [0.2, 0.25) is 0 Å². The fourth-order valence-corrected chi connectivity index (χ4v) is 2.00. The lowest BCUT2D eigenvalue weighted by Gasteiger charge is -2.05. The fraction of sp³-hybridized carbons (Fsp3) is 0.0625. The fourth-order valence-electron chi connectivity index (χ4n) is 2.00. The highest BCUT2D eigenvalue weighted by Gasteiger charge is 2.18. The van der Waals surface area contributed by atoms with Crippen LogP contribution in [0.5, 0.6) is 5.75 Å². The molecule has 22 heavy (non-hydrogen) atoms. The number of oxazole rings is 1. The van der Waals surface area contributed by atoms with E-state index >= 15 is 0 Å². The Balaban J connectivity index is 1.90. The standard InChI is InChI=1S/C16H13N3O3/c1-21-13-4-2-3-11(9-13)15-14(18-10-22-15)16(20)19-12-5-7-17-8-6-12/h2-10H,1H3,(H,17,19,20). The Kier molecular flexibility index (Phi) is 3.82. The largest absolute Gasteiger partial charge is 0.497 e. The van der Waals surface area contributed by atoms with Crippen molar-refractivity contribution in [2.24, 2.45) is 0 Å². The van der Waals surface area contributed by atoms with Crippen LogP contribution in [-0.4, -0.2) is 23.0 Å². The molecule has 0 radical (unpaired) electrons. The molecule has 1 N–H and O–H groups in total. The summed E-state index contributed by atoms with van der Waals surface area (Å²) in [5, 5.41) is 2.75. The zero-order valence-electron chi connectivity index (χ0n) is 11.8. The van der Waals surface area contributed by atoms with Gasteiger partial charge in [0.1, 0.15) is 5.75 Å². The smallest absolute Gasteiger partial charge is 0.278 e. The number of benzene rings is 1. The summed E-state index contributed by atoms with van der Waals surface area (Å²) in [4.78, 5) is 20.2. The van der Waals surface area contributed by atoms with E-state index in [2.05, 4.69) is 15.3 Å². The van der Waals surface area contributed by atoms with Crippen LogP contribution in [0.4, 0.5) is 5.69 Å². The Morgan fingerprint density at radius 3 is 2.82 bits per heavy atom. The van der Waals surface area contributed by atoms with Crippen LogP contribution in [0.1, 0.15) is 10.5 Å². The van der Waals surface area contributed by atoms with Crippen molar-refractivity contribution < 1.29 is 13.9 Å². The molecule has 1 amide bonds. The van der Waals surface area contributed by atoms with Crippen molar-refractivity contribution in [1.29, 1.82) is 0 Å².